The fraction of sp³-hybridized carbons (Fsp3) is 0.857. The molecule has 9 heteroatoms. The number of rotatable bonds is 9. The van der Waals surface area contributed by atoms with Gasteiger partial charge in [0.15, 0.2) is 8.32 Å². The number of hydrogen-bond acceptors (Lipinski definition) is 6. The lowest BCUT2D eigenvalue weighted by molar-refractivity contribution is -0.386. The van der Waals surface area contributed by atoms with Crippen LogP contribution in [0.15, 0.2) is 0 Å². The summed E-state index contributed by atoms with van der Waals surface area (Å²) in [6.07, 6.45) is 3.94. The zero-order valence-electron chi connectivity index (χ0n) is 19.9. The van der Waals surface area contributed by atoms with Gasteiger partial charge in [0, 0.05) is 19.6 Å². The van der Waals surface area contributed by atoms with Gasteiger partial charge in [-0.15, -0.1) is 5.10 Å². The summed E-state index contributed by atoms with van der Waals surface area (Å²) in [6, 6.07) is 0.145. The lowest BCUT2D eigenvalue weighted by Crippen LogP contribution is -2.42. The number of nitro groups is 1. The van der Waals surface area contributed by atoms with Crippen LogP contribution in [0.2, 0.25) is 18.1 Å². The third-order valence-electron chi connectivity index (χ3n) is 6.63. The molecule has 30 heavy (non-hydrogen) atoms. The van der Waals surface area contributed by atoms with Crippen LogP contribution >= 0.6 is 0 Å². The van der Waals surface area contributed by atoms with Crippen molar-refractivity contribution in [3.63, 3.8) is 0 Å². The maximum Gasteiger partial charge on any atom is 0.352 e. The van der Waals surface area contributed by atoms with E-state index in [4.69, 9.17) is 13.9 Å². The van der Waals surface area contributed by atoms with Crippen LogP contribution in [0.5, 0.6) is 5.88 Å². The van der Waals surface area contributed by atoms with Crippen molar-refractivity contribution in [3.8, 4) is 5.88 Å². The summed E-state index contributed by atoms with van der Waals surface area (Å²) < 4.78 is 19.3. The van der Waals surface area contributed by atoms with Crippen LogP contribution in [0.4, 0.5) is 5.69 Å². The predicted octanol–water partition coefficient (Wildman–Crippen LogP) is 5.27. The van der Waals surface area contributed by atoms with Gasteiger partial charge in [0.2, 0.25) is 0 Å². The van der Waals surface area contributed by atoms with E-state index in [2.05, 4.69) is 39.0 Å². The molecule has 0 spiro atoms. The number of ether oxygens (including phenoxy) is 2. The molecule has 0 unspecified atom stereocenters. The highest BCUT2D eigenvalue weighted by Crippen LogP contribution is 2.38. The third-order valence-corrected chi connectivity index (χ3v) is 11.1. The number of methoxy groups -OCH3 is 1. The predicted molar refractivity (Wildman–Crippen MR) is 120 cm³/mol. The van der Waals surface area contributed by atoms with E-state index in [0.717, 1.165) is 25.7 Å². The highest BCUT2D eigenvalue weighted by molar-refractivity contribution is 6.74. The van der Waals surface area contributed by atoms with Crippen molar-refractivity contribution in [3.05, 3.63) is 15.8 Å². The first-order valence-electron chi connectivity index (χ1n) is 10.9. The maximum absolute atomic E-state index is 11.7. The van der Waals surface area contributed by atoms with Crippen molar-refractivity contribution in [2.24, 2.45) is 5.92 Å². The molecule has 1 aromatic heterocycles. The molecule has 0 aliphatic heterocycles. The molecule has 1 heterocycles. The molecule has 1 aliphatic carbocycles. The first-order chi connectivity index (χ1) is 13.9. The Labute approximate surface area is 181 Å². The van der Waals surface area contributed by atoms with Crippen LogP contribution in [0.25, 0.3) is 0 Å². The van der Waals surface area contributed by atoms with Gasteiger partial charge in [-0.25, -0.2) is 0 Å². The second-order valence-electron chi connectivity index (χ2n) is 10.1. The van der Waals surface area contributed by atoms with Gasteiger partial charge < -0.3 is 13.9 Å². The minimum atomic E-state index is -1.83. The minimum absolute atomic E-state index is 0.0265. The topological polar surface area (TPSA) is 88.7 Å². The standard InChI is InChI=1S/C21H39N3O5Si/c1-15(14-29-30(7,8)21(3,4)5)13-28-20-19(24(25)26)16(2)23(22-20)17-9-11-18(27-6)12-10-17/h15,17-18H,9-14H2,1-8H3/t15-,17?,18?/m0/s1. The smallest absolute Gasteiger partial charge is 0.352 e. The Balaban J connectivity index is 2.04. The first kappa shape index (κ1) is 24.8. The van der Waals surface area contributed by atoms with Crippen molar-refractivity contribution in [1.82, 2.24) is 9.78 Å². The Kier molecular flexibility index (Phi) is 8.09. The highest BCUT2D eigenvalue weighted by atomic mass is 28.4. The monoisotopic (exact) mass is 441 g/mol. The van der Waals surface area contributed by atoms with Gasteiger partial charge in [-0.1, -0.05) is 27.7 Å². The average Bonchev–Trinajstić information content (AvgIpc) is 3.00. The Morgan fingerprint density at radius 2 is 1.83 bits per heavy atom. The van der Waals surface area contributed by atoms with Gasteiger partial charge in [0.05, 0.1) is 23.7 Å². The highest BCUT2D eigenvalue weighted by Gasteiger charge is 2.37. The van der Waals surface area contributed by atoms with Crippen molar-refractivity contribution >= 4 is 14.0 Å². The second kappa shape index (κ2) is 9.78. The molecule has 0 aromatic carbocycles. The van der Waals surface area contributed by atoms with Gasteiger partial charge in [-0.3, -0.25) is 14.8 Å². The van der Waals surface area contributed by atoms with Crippen LogP contribution in [0.1, 0.15) is 65.1 Å². The third kappa shape index (κ3) is 5.82. The van der Waals surface area contributed by atoms with Crippen molar-refractivity contribution < 1.29 is 18.8 Å². The van der Waals surface area contributed by atoms with Crippen LogP contribution in [0.3, 0.4) is 0 Å². The summed E-state index contributed by atoms with van der Waals surface area (Å²) in [5, 5.41) is 16.3. The summed E-state index contributed by atoms with van der Waals surface area (Å²) in [7, 11) is -0.102. The molecule has 1 atom stereocenters. The van der Waals surface area contributed by atoms with Crippen LogP contribution in [-0.4, -0.2) is 49.4 Å². The van der Waals surface area contributed by atoms with E-state index in [1.165, 1.54) is 0 Å². The minimum Gasteiger partial charge on any atom is -0.471 e. The van der Waals surface area contributed by atoms with Crippen molar-refractivity contribution in [2.75, 3.05) is 20.3 Å². The molecule has 0 N–H and O–H groups in total. The van der Waals surface area contributed by atoms with Gasteiger partial charge in [0.25, 0.3) is 0 Å². The molecule has 0 amide bonds. The molecular weight excluding hydrogens is 402 g/mol. The number of aromatic nitrogens is 2. The second-order valence-corrected chi connectivity index (χ2v) is 14.9. The van der Waals surface area contributed by atoms with E-state index in [9.17, 15) is 10.1 Å². The Bertz CT molecular complexity index is 721. The molecule has 2 rings (SSSR count). The first-order valence-corrected chi connectivity index (χ1v) is 13.8. The Morgan fingerprint density at radius 3 is 2.33 bits per heavy atom. The maximum atomic E-state index is 11.7. The molecular formula is C21H39N3O5Si. The van der Waals surface area contributed by atoms with E-state index in [1.54, 1.807) is 18.7 Å². The van der Waals surface area contributed by atoms with Gasteiger partial charge >= 0.3 is 11.6 Å². The molecule has 1 aromatic rings. The lowest BCUT2D eigenvalue weighted by atomic mass is 9.93. The summed E-state index contributed by atoms with van der Waals surface area (Å²) in [6.45, 7) is 15.8. The number of nitrogens with zero attached hydrogens (tertiary/aromatic N) is 3. The molecule has 1 fully saturated rings. The normalized spacial score (nSPS) is 21.5. The average molecular weight is 442 g/mol. The molecule has 172 valence electrons. The molecule has 1 aliphatic rings. The summed E-state index contributed by atoms with van der Waals surface area (Å²) in [4.78, 5) is 11.3. The quantitative estimate of drug-likeness (QED) is 0.295. The lowest BCUT2D eigenvalue weighted by Gasteiger charge is -2.36. The van der Waals surface area contributed by atoms with E-state index in [1.807, 2.05) is 6.92 Å². The molecule has 0 bridgehead atoms. The van der Waals surface area contributed by atoms with Gasteiger partial charge in [-0.05, 0) is 50.7 Å². The largest absolute Gasteiger partial charge is 0.471 e. The molecule has 0 saturated heterocycles. The summed E-state index contributed by atoms with van der Waals surface area (Å²) in [5.41, 5.74) is 0.530. The van der Waals surface area contributed by atoms with E-state index in [-0.39, 0.29) is 39.6 Å². The van der Waals surface area contributed by atoms with E-state index in [0.29, 0.717) is 18.9 Å². The molecule has 0 radical (unpaired) electrons. The Morgan fingerprint density at radius 1 is 1.23 bits per heavy atom. The van der Waals surface area contributed by atoms with Crippen molar-refractivity contribution in [1.29, 1.82) is 0 Å². The summed E-state index contributed by atoms with van der Waals surface area (Å²) >= 11 is 0. The number of hydrogen-bond donors (Lipinski definition) is 0. The fourth-order valence-electron chi connectivity index (χ4n) is 3.51. The van der Waals surface area contributed by atoms with Crippen LogP contribution < -0.4 is 4.74 Å². The van der Waals surface area contributed by atoms with Gasteiger partial charge in [-0.2, -0.15) is 0 Å². The van der Waals surface area contributed by atoms with Crippen LogP contribution in [0, 0.1) is 23.0 Å². The molecule has 1 saturated carbocycles. The zero-order chi connectivity index (χ0) is 22.7. The summed E-state index contributed by atoms with van der Waals surface area (Å²) in [5.74, 6) is 0.229. The fourth-order valence-corrected chi connectivity index (χ4v) is 4.64. The van der Waals surface area contributed by atoms with E-state index >= 15 is 0 Å². The molecule has 8 nitrogen and oxygen atoms in total. The zero-order valence-corrected chi connectivity index (χ0v) is 20.9. The van der Waals surface area contributed by atoms with E-state index < -0.39 is 8.32 Å². The van der Waals surface area contributed by atoms with Gasteiger partial charge in [0.1, 0.15) is 5.69 Å². The van der Waals surface area contributed by atoms with Crippen molar-refractivity contribution in [2.45, 2.75) is 90.6 Å². The Hall–Kier alpha value is -1.45. The van der Waals surface area contributed by atoms with Crippen LogP contribution in [-0.2, 0) is 9.16 Å². The SMILES string of the molecule is COC1CCC(n2nc(OC[C@H](C)CO[Si](C)(C)C(C)(C)C)c([N+](=O)[O-])c2C)CC1.